The van der Waals surface area contributed by atoms with Gasteiger partial charge in [-0.05, 0) is 32.9 Å². The topological polar surface area (TPSA) is 71.4 Å². The van der Waals surface area contributed by atoms with Crippen LogP contribution in [0.3, 0.4) is 0 Å². The zero-order valence-corrected chi connectivity index (χ0v) is 8.81. The molecule has 0 saturated heterocycles. The van der Waals surface area contributed by atoms with Crippen LogP contribution >= 0.6 is 0 Å². The summed E-state index contributed by atoms with van der Waals surface area (Å²) in [6.07, 6.45) is 0.589. The van der Waals surface area contributed by atoms with Crippen molar-refractivity contribution in [3.05, 3.63) is 24.0 Å². The van der Waals surface area contributed by atoms with E-state index < -0.39 is 17.7 Å². The fourth-order valence-corrected chi connectivity index (χ4v) is 1.02. The van der Waals surface area contributed by atoms with E-state index in [-0.39, 0.29) is 5.69 Å². The molecule has 0 aliphatic carbocycles. The number of nitrogens with zero attached hydrogens (tertiary/aromatic N) is 1. The van der Waals surface area contributed by atoms with E-state index in [4.69, 9.17) is 4.74 Å². The van der Waals surface area contributed by atoms with Crippen LogP contribution in [0.1, 0.15) is 31.3 Å². The predicted octanol–water partition coefficient (Wildman–Crippen LogP) is 0.635. The summed E-state index contributed by atoms with van der Waals surface area (Å²) in [5, 5.41) is 10.6. The number of carboxylic acids is 1. The van der Waals surface area contributed by atoms with Gasteiger partial charge < -0.3 is 14.6 Å². The van der Waals surface area contributed by atoms with Crippen LogP contribution in [-0.4, -0.2) is 22.2 Å². The van der Waals surface area contributed by atoms with Crippen LogP contribution in [-0.2, 0) is 4.74 Å². The number of carbonyl (C=O) groups excluding carboxylic acids is 2. The van der Waals surface area contributed by atoms with Crippen molar-refractivity contribution in [1.29, 1.82) is 0 Å². The largest absolute Gasteiger partial charge is 0.543 e. The fourth-order valence-electron chi connectivity index (χ4n) is 1.02. The van der Waals surface area contributed by atoms with E-state index in [0.717, 1.165) is 4.57 Å². The highest BCUT2D eigenvalue weighted by Gasteiger charge is 2.19. The van der Waals surface area contributed by atoms with Crippen molar-refractivity contribution >= 4 is 12.1 Å². The summed E-state index contributed by atoms with van der Waals surface area (Å²) in [5.41, 5.74) is -0.880. The average molecular weight is 210 g/mol. The summed E-state index contributed by atoms with van der Waals surface area (Å²) in [6, 6.07) is 2.72. The molecule has 0 radical (unpaired) electrons. The molecule has 1 aromatic rings. The van der Waals surface area contributed by atoms with E-state index in [1.807, 2.05) is 0 Å². The van der Waals surface area contributed by atoms with Gasteiger partial charge in [0.2, 0.25) is 0 Å². The average Bonchev–Trinajstić information content (AvgIpc) is 2.47. The molecule has 0 saturated carbocycles. The highest BCUT2D eigenvalue weighted by molar-refractivity contribution is 5.89. The summed E-state index contributed by atoms with van der Waals surface area (Å²) in [5.74, 6) is -1.41. The highest BCUT2D eigenvalue weighted by atomic mass is 16.6. The molecule has 1 aromatic heterocycles. The van der Waals surface area contributed by atoms with Gasteiger partial charge >= 0.3 is 6.09 Å². The van der Waals surface area contributed by atoms with Gasteiger partial charge in [0.05, 0.1) is 11.7 Å². The molecule has 0 aliphatic rings. The molecule has 0 aromatic carbocycles. The summed E-state index contributed by atoms with van der Waals surface area (Å²) in [4.78, 5) is 22.1. The van der Waals surface area contributed by atoms with Crippen LogP contribution < -0.4 is 5.11 Å². The maximum absolute atomic E-state index is 11.5. The van der Waals surface area contributed by atoms with Crippen molar-refractivity contribution in [1.82, 2.24) is 4.57 Å². The molecule has 0 unspecified atom stereocenters. The lowest BCUT2D eigenvalue weighted by Gasteiger charge is -2.20. The van der Waals surface area contributed by atoms with Crippen molar-refractivity contribution in [2.24, 2.45) is 0 Å². The maximum atomic E-state index is 11.5. The summed E-state index contributed by atoms with van der Waals surface area (Å²) in [7, 11) is 0. The van der Waals surface area contributed by atoms with Gasteiger partial charge in [0.1, 0.15) is 5.60 Å². The van der Waals surface area contributed by atoms with Gasteiger partial charge in [-0.1, -0.05) is 0 Å². The Balaban J connectivity index is 2.92. The monoisotopic (exact) mass is 210 g/mol. The van der Waals surface area contributed by atoms with E-state index in [2.05, 4.69) is 0 Å². The first-order valence-electron chi connectivity index (χ1n) is 4.43. The molecule has 0 atom stereocenters. The number of rotatable bonds is 1. The zero-order chi connectivity index (χ0) is 11.6. The van der Waals surface area contributed by atoms with Crippen LogP contribution in [0.4, 0.5) is 4.79 Å². The number of aromatic carboxylic acids is 1. The second-order valence-corrected chi connectivity index (χ2v) is 4.03. The molecule has 5 nitrogen and oxygen atoms in total. The van der Waals surface area contributed by atoms with E-state index >= 15 is 0 Å². The third-order valence-corrected chi connectivity index (χ3v) is 1.55. The highest BCUT2D eigenvalue weighted by Crippen LogP contribution is 2.10. The molecule has 82 valence electrons. The zero-order valence-electron chi connectivity index (χ0n) is 8.81. The van der Waals surface area contributed by atoms with E-state index in [9.17, 15) is 14.7 Å². The van der Waals surface area contributed by atoms with E-state index in [1.165, 1.54) is 18.3 Å². The Kier molecular flexibility index (Phi) is 2.83. The second kappa shape index (κ2) is 3.76. The number of hydrogen-bond donors (Lipinski definition) is 0. The second-order valence-electron chi connectivity index (χ2n) is 4.03. The Hall–Kier alpha value is -1.78. The Labute approximate surface area is 87.3 Å². The third kappa shape index (κ3) is 2.83. The van der Waals surface area contributed by atoms with Crippen molar-refractivity contribution < 1.29 is 19.4 Å². The quantitative estimate of drug-likeness (QED) is 0.681. The number of carbonyl (C=O) groups is 2. The molecule has 0 fully saturated rings. The van der Waals surface area contributed by atoms with Crippen LogP contribution in [0.5, 0.6) is 0 Å². The molecule has 15 heavy (non-hydrogen) atoms. The first kappa shape index (κ1) is 11.3. The van der Waals surface area contributed by atoms with Crippen molar-refractivity contribution in [3.63, 3.8) is 0 Å². The molecule has 0 spiro atoms. The van der Waals surface area contributed by atoms with Gasteiger partial charge in [0.15, 0.2) is 0 Å². The minimum Gasteiger partial charge on any atom is -0.543 e. The lowest BCUT2D eigenvalue weighted by atomic mass is 10.2. The molecule has 5 heteroatoms. The molecule has 0 aliphatic heterocycles. The molecular weight excluding hydrogens is 198 g/mol. The number of ether oxygens (including phenoxy) is 1. The van der Waals surface area contributed by atoms with Crippen LogP contribution in [0.25, 0.3) is 0 Å². The fraction of sp³-hybridized carbons (Fsp3) is 0.400. The van der Waals surface area contributed by atoms with E-state index in [0.29, 0.717) is 0 Å². The lowest BCUT2D eigenvalue weighted by Crippen LogP contribution is -2.31. The minimum atomic E-state index is -1.41. The minimum absolute atomic E-state index is 0.218. The first-order valence-corrected chi connectivity index (χ1v) is 4.43. The Morgan fingerprint density at radius 3 is 2.47 bits per heavy atom. The molecular formula is C10H12NO4-. The van der Waals surface area contributed by atoms with Gasteiger partial charge in [0, 0.05) is 6.20 Å². The van der Waals surface area contributed by atoms with Gasteiger partial charge in [-0.15, -0.1) is 0 Å². The lowest BCUT2D eigenvalue weighted by molar-refractivity contribution is -0.255. The molecule has 0 amide bonds. The molecule has 1 rings (SSSR count). The van der Waals surface area contributed by atoms with Gasteiger partial charge in [0.25, 0.3) is 0 Å². The molecule has 0 bridgehead atoms. The predicted molar refractivity (Wildman–Crippen MR) is 50.4 cm³/mol. The van der Waals surface area contributed by atoms with Crippen LogP contribution in [0, 0.1) is 0 Å². The van der Waals surface area contributed by atoms with Crippen molar-refractivity contribution in [2.45, 2.75) is 26.4 Å². The maximum Gasteiger partial charge on any atom is 0.419 e. The Morgan fingerprint density at radius 1 is 1.40 bits per heavy atom. The normalized spacial score (nSPS) is 11.1. The molecule has 0 N–H and O–H groups in total. The van der Waals surface area contributed by atoms with Crippen LogP contribution in [0.15, 0.2) is 18.3 Å². The Morgan fingerprint density at radius 2 is 2.00 bits per heavy atom. The summed E-state index contributed by atoms with van der Waals surface area (Å²) >= 11 is 0. The number of carboxylic acid groups (broad SMARTS) is 1. The molecule has 1 heterocycles. The summed E-state index contributed by atoms with van der Waals surface area (Å²) in [6.45, 7) is 5.10. The third-order valence-electron chi connectivity index (χ3n) is 1.55. The first-order chi connectivity index (χ1) is 6.81. The Bertz CT molecular complexity index is 386. The van der Waals surface area contributed by atoms with Crippen molar-refractivity contribution in [2.75, 3.05) is 0 Å². The summed E-state index contributed by atoms with van der Waals surface area (Å²) < 4.78 is 5.91. The van der Waals surface area contributed by atoms with Gasteiger partial charge in [-0.25, -0.2) is 4.79 Å². The van der Waals surface area contributed by atoms with Crippen molar-refractivity contribution in [3.8, 4) is 0 Å². The number of hydrogen-bond acceptors (Lipinski definition) is 4. The standard InChI is InChI=1S/C10H13NO4/c1-10(2,3)15-9(14)11-6-4-5-7(11)8(12)13/h4-6H,1-3H3,(H,12,13)/p-1. The smallest absolute Gasteiger partial charge is 0.419 e. The number of aromatic nitrogens is 1. The van der Waals surface area contributed by atoms with E-state index in [1.54, 1.807) is 20.8 Å². The van der Waals surface area contributed by atoms with Gasteiger partial charge in [-0.2, -0.15) is 0 Å². The van der Waals surface area contributed by atoms with Crippen LogP contribution in [0.2, 0.25) is 0 Å². The van der Waals surface area contributed by atoms with Gasteiger partial charge in [-0.3, -0.25) is 4.57 Å². The SMILES string of the molecule is CC(C)(C)OC(=O)n1cccc1C(=O)[O-].